The van der Waals surface area contributed by atoms with Gasteiger partial charge < -0.3 is 5.32 Å². The van der Waals surface area contributed by atoms with Crippen LogP contribution in [0.4, 0.5) is 5.69 Å². The number of hydrogen-bond donors (Lipinski definition) is 1. The van der Waals surface area contributed by atoms with Crippen LogP contribution in [0.15, 0.2) is 18.2 Å². The van der Waals surface area contributed by atoms with Gasteiger partial charge in [0, 0.05) is 29.6 Å². The molecule has 0 aliphatic rings. The van der Waals surface area contributed by atoms with Crippen LogP contribution in [0.25, 0.3) is 0 Å². The van der Waals surface area contributed by atoms with Crippen LogP contribution in [-0.4, -0.2) is 22.7 Å². The zero-order valence-corrected chi connectivity index (χ0v) is 13.1. The first-order chi connectivity index (χ1) is 9.56. The van der Waals surface area contributed by atoms with E-state index in [1.807, 2.05) is 0 Å². The first-order valence-electron chi connectivity index (χ1n) is 6.65. The van der Waals surface area contributed by atoms with E-state index in [-0.39, 0.29) is 11.6 Å². The standard InChI is InChI=1S/C14H19BrN2O3/c1-11-6-7-12(17(19)20)10-13(11)14(18)16-9-5-3-2-4-8-15/h6-7,10H,2-5,8-9H2,1H3,(H,16,18). The largest absolute Gasteiger partial charge is 0.352 e. The minimum Gasteiger partial charge on any atom is -0.352 e. The number of nitrogens with one attached hydrogen (secondary N) is 1. The molecule has 0 unspecified atom stereocenters. The minimum absolute atomic E-state index is 0.0573. The summed E-state index contributed by atoms with van der Waals surface area (Å²) >= 11 is 3.37. The summed E-state index contributed by atoms with van der Waals surface area (Å²) in [6, 6.07) is 4.34. The van der Waals surface area contributed by atoms with Gasteiger partial charge in [-0.25, -0.2) is 0 Å². The van der Waals surface area contributed by atoms with Gasteiger partial charge in [-0.1, -0.05) is 34.8 Å². The SMILES string of the molecule is Cc1ccc([N+](=O)[O-])cc1C(=O)NCCCCCCBr. The molecule has 0 aliphatic carbocycles. The number of halogens is 1. The molecule has 110 valence electrons. The van der Waals surface area contributed by atoms with Gasteiger partial charge in [-0.3, -0.25) is 14.9 Å². The Morgan fingerprint density at radius 2 is 2.00 bits per heavy atom. The maximum Gasteiger partial charge on any atom is 0.270 e. The third kappa shape index (κ3) is 5.28. The molecule has 20 heavy (non-hydrogen) atoms. The molecule has 1 rings (SSSR count). The highest BCUT2D eigenvalue weighted by atomic mass is 79.9. The molecule has 0 atom stereocenters. The molecule has 0 heterocycles. The first kappa shape index (κ1) is 16.6. The van der Waals surface area contributed by atoms with Gasteiger partial charge in [0.1, 0.15) is 0 Å². The lowest BCUT2D eigenvalue weighted by Gasteiger charge is -2.07. The molecule has 0 saturated heterocycles. The van der Waals surface area contributed by atoms with E-state index in [1.54, 1.807) is 13.0 Å². The van der Waals surface area contributed by atoms with Crippen molar-refractivity contribution >= 4 is 27.5 Å². The number of aryl methyl sites for hydroxylation is 1. The molecule has 0 bridgehead atoms. The Kier molecular flexibility index (Phi) is 7.22. The van der Waals surface area contributed by atoms with E-state index >= 15 is 0 Å². The Labute approximate surface area is 127 Å². The highest BCUT2D eigenvalue weighted by Crippen LogP contribution is 2.17. The van der Waals surface area contributed by atoms with E-state index in [1.165, 1.54) is 12.1 Å². The summed E-state index contributed by atoms with van der Waals surface area (Å²) in [7, 11) is 0. The Bertz CT molecular complexity index is 477. The smallest absolute Gasteiger partial charge is 0.270 e. The molecule has 1 aromatic rings. The number of non-ortho nitro benzene ring substituents is 1. The summed E-state index contributed by atoms with van der Waals surface area (Å²) in [6.07, 6.45) is 4.27. The summed E-state index contributed by atoms with van der Waals surface area (Å²) in [5.74, 6) is -0.244. The Balaban J connectivity index is 2.50. The fourth-order valence-corrected chi connectivity index (χ4v) is 2.23. The van der Waals surface area contributed by atoms with Crippen molar-refractivity contribution in [1.82, 2.24) is 5.32 Å². The quantitative estimate of drug-likeness (QED) is 0.339. The first-order valence-corrected chi connectivity index (χ1v) is 7.77. The molecule has 1 amide bonds. The lowest BCUT2D eigenvalue weighted by molar-refractivity contribution is -0.384. The van der Waals surface area contributed by atoms with E-state index in [0.29, 0.717) is 12.1 Å². The molecule has 1 aromatic carbocycles. The number of amides is 1. The van der Waals surface area contributed by atoms with Crippen molar-refractivity contribution in [2.24, 2.45) is 0 Å². The van der Waals surface area contributed by atoms with Crippen LogP contribution in [0.1, 0.15) is 41.6 Å². The van der Waals surface area contributed by atoms with Crippen LogP contribution in [0.3, 0.4) is 0 Å². The third-order valence-corrected chi connectivity index (χ3v) is 3.58. The van der Waals surface area contributed by atoms with E-state index < -0.39 is 4.92 Å². The fourth-order valence-electron chi connectivity index (χ4n) is 1.84. The lowest BCUT2D eigenvalue weighted by Crippen LogP contribution is -2.25. The number of nitrogens with zero attached hydrogens (tertiary/aromatic N) is 1. The van der Waals surface area contributed by atoms with E-state index in [9.17, 15) is 14.9 Å². The number of hydrogen-bond acceptors (Lipinski definition) is 3. The molecule has 5 nitrogen and oxygen atoms in total. The molecule has 0 saturated carbocycles. The Morgan fingerprint density at radius 3 is 2.65 bits per heavy atom. The number of alkyl halides is 1. The summed E-state index contributed by atoms with van der Waals surface area (Å²) in [4.78, 5) is 22.2. The highest BCUT2D eigenvalue weighted by Gasteiger charge is 2.14. The van der Waals surface area contributed by atoms with Crippen LogP contribution in [0, 0.1) is 17.0 Å². The van der Waals surface area contributed by atoms with Crippen LogP contribution in [0.2, 0.25) is 0 Å². The van der Waals surface area contributed by atoms with Crippen LogP contribution in [0.5, 0.6) is 0 Å². The molecule has 0 spiro atoms. The maximum absolute atomic E-state index is 12.0. The normalized spacial score (nSPS) is 10.3. The second-order valence-electron chi connectivity index (χ2n) is 4.62. The van der Waals surface area contributed by atoms with Gasteiger partial charge in [0.25, 0.3) is 11.6 Å². The predicted octanol–water partition coefficient (Wildman–Crippen LogP) is 3.59. The maximum atomic E-state index is 12.0. The molecule has 0 aliphatic heterocycles. The Hall–Kier alpha value is -1.43. The number of rotatable bonds is 8. The summed E-state index contributed by atoms with van der Waals surface area (Å²) in [6.45, 7) is 2.37. The number of carbonyl (C=O) groups is 1. The number of carbonyl (C=O) groups excluding carboxylic acids is 1. The van der Waals surface area contributed by atoms with E-state index in [2.05, 4.69) is 21.2 Å². The van der Waals surface area contributed by atoms with Gasteiger partial charge in [0.05, 0.1) is 4.92 Å². The lowest BCUT2D eigenvalue weighted by atomic mass is 10.1. The van der Waals surface area contributed by atoms with Crippen LogP contribution < -0.4 is 5.32 Å². The van der Waals surface area contributed by atoms with Gasteiger partial charge >= 0.3 is 0 Å². The van der Waals surface area contributed by atoms with Gasteiger partial charge in [0.2, 0.25) is 0 Å². The molecule has 0 radical (unpaired) electrons. The zero-order chi connectivity index (χ0) is 15.0. The number of nitro benzene ring substituents is 1. The summed E-state index contributed by atoms with van der Waals surface area (Å²) < 4.78 is 0. The number of benzene rings is 1. The van der Waals surface area contributed by atoms with Crippen LogP contribution in [-0.2, 0) is 0 Å². The summed E-state index contributed by atoms with van der Waals surface area (Å²) in [5.41, 5.74) is 1.06. The van der Waals surface area contributed by atoms with Gasteiger partial charge in [-0.05, 0) is 25.3 Å². The monoisotopic (exact) mass is 342 g/mol. The van der Waals surface area contributed by atoms with E-state index in [4.69, 9.17) is 0 Å². The van der Waals surface area contributed by atoms with Crippen molar-refractivity contribution in [1.29, 1.82) is 0 Å². The predicted molar refractivity (Wildman–Crippen MR) is 82.4 cm³/mol. The minimum atomic E-state index is -0.490. The van der Waals surface area contributed by atoms with Gasteiger partial charge in [-0.15, -0.1) is 0 Å². The summed E-state index contributed by atoms with van der Waals surface area (Å²) in [5, 5.41) is 14.5. The van der Waals surface area contributed by atoms with Gasteiger partial charge in [-0.2, -0.15) is 0 Å². The van der Waals surface area contributed by atoms with Crippen molar-refractivity contribution in [3.63, 3.8) is 0 Å². The van der Waals surface area contributed by atoms with Crippen LogP contribution >= 0.6 is 15.9 Å². The number of nitro groups is 1. The zero-order valence-electron chi connectivity index (χ0n) is 11.5. The molecule has 6 heteroatoms. The van der Waals surface area contributed by atoms with Crippen molar-refractivity contribution in [3.8, 4) is 0 Å². The molecule has 0 aromatic heterocycles. The highest BCUT2D eigenvalue weighted by molar-refractivity contribution is 9.09. The molecular formula is C14H19BrN2O3. The topological polar surface area (TPSA) is 72.2 Å². The second-order valence-corrected chi connectivity index (χ2v) is 5.41. The van der Waals surface area contributed by atoms with Gasteiger partial charge in [0.15, 0.2) is 0 Å². The molecular weight excluding hydrogens is 324 g/mol. The average Bonchev–Trinajstić information content (AvgIpc) is 2.42. The van der Waals surface area contributed by atoms with E-state index in [0.717, 1.165) is 36.6 Å². The second kappa shape index (κ2) is 8.68. The van der Waals surface area contributed by atoms with Crippen molar-refractivity contribution < 1.29 is 9.72 Å². The molecule has 1 N–H and O–H groups in total. The van der Waals surface area contributed by atoms with Crippen molar-refractivity contribution in [2.75, 3.05) is 11.9 Å². The number of unbranched alkanes of at least 4 members (excludes halogenated alkanes) is 3. The van der Waals surface area contributed by atoms with Crippen molar-refractivity contribution in [3.05, 3.63) is 39.4 Å². The van der Waals surface area contributed by atoms with Crippen molar-refractivity contribution in [2.45, 2.75) is 32.6 Å². The molecule has 0 fully saturated rings. The Morgan fingerprint density at radius 1 is 1.30 bits per heavy atom. The fraction of sp³-hybridized carbons (Fsp3) is 0.500. The average molecular weight is 343 g/mol. The third-order valence-electron chi connectivity index (χ3n) is 3.02.